The van der Waals surface area contributed by atoms with Gasteiger partial charge in [-0.2, -0.15) is 5.10 Å². The summed E-state index contributed by atoms with van der Waals surface area (Å²) >= 11 is 0. The molecule has 0 fully saturated rings. The Balaban J connectivity index is 1.97. The molecule has 0 aliphatic heterocycles. The molecule has 0 aliphatic rings. The van der Waals surface area contributed by atoms with E-state index in [-0.39, 0.29) is 5.56 Å². The van der Waals surface area contributed by atoms with Gasteiger partial charge in [0.05, 0.1) is 22.6 Å². The minimum Gasteiger partial charge on any atom is -0.452 e. The van der Waals surface area contributed by atoms with Gasteiger partial charge in [-0.25, -0.2) is 13.6 Å². The van der Waals surface area contributed by atoms with Gasteiger partial charge in [0.15, 0.2) is 6.61 Å². The van der Waals surface area contributed by atoms with Crippen LogP contribution in [-0.4, -0.2) is 28.3 Å². The van der Waals surface area contributed by atoms with Crippen molar-refractivity contribution in [3.8, 4) is 0 Å². The van der Waals surface area contributed by atoms with E-state index in [9.17, 15) is 18.4 Å². The first-order valence-electron chi connectivity index (χ1n) is 6.71. The minimum absolute atomic E-state index is 0.302. The fourth-order valence-corrected chi connectivity index (χ4v) is 2.02. The van der Waals surface area contributed by atoms with Crippen molar-refractivity contribution in [1.29, 1.82) is 0 Å². The lowest BCUT2D eigenvalue weighted by molar-refractivity contribution is -0.119. The van der Waals surface area contributed by atoms with Crippen LogP contribution in [0.3, 0.4) is 0 Å². The third-order valence-electron chi connectivity index (χ3n) is 3.21. The van der Waals surface area contributed by atoms with Crippen LogP contribution in [0.4, 0.5) is 14.5 Å². The summed E-state index contributed by atoms with van der Waals surface area (Å²) in [5.41, 5.74) is 1.60. The quantitative estimate of drug-likeness (QED) is 0.875. The van der Waals surface area contributed by atoms with Gasteiger partial charge in [-0.15, -0.1) is 0 Å². The number of carbonyl (C=O) groups excluding carboxylic acids is 2. The van der Waals surface area contributed by atoms with E-state index in [4.69, 9.17) is 4.74 Å². The number of ether oxygens (including phenoxy) is 1. The van der Waals surface area contributed by atoms with E-state index in [1.54, 1.807) is 25.6 Å². The van der Waals surface area contributed by atoms with Crippen molar-refractivity contribution in [2.24, 2.45) is 7.05 Å². The molecule has 1 aromatic carbocycles. The summed E-state index contributed by atoms with van der Waals surface area (Å²) in [4.78, 5) is 23.5. The zero-order valence-electron chi connectivity index (χ0n) is 12.8. The van der Waals surface area contributed by atoms with E-state index >= 15 is 0 Å². The topological polar surface area (TPSA) is 73.2 Å². The van der Waals surface area contributed by atoms with Crippen LogP contribution < -0.4 is 5.32 Å². The number of esters is 1. The summed E-state index contributed by atoms with van der Waals surface area (Å²) in [7, 11) is 1.73. The Morgan fingerprint density at radius 3 is 2.35 bits per heavy atom. The number of benzene rings is 1. The Morgan fingerprint density at radius 2 is 1.83 bits per heavy atom. The Labute approximate surface area is 131 Å². The molecule has 122 valence electrons. The van der Waals surface area contributed by atoms with Gasteiger partial charge in [-0.05, 0) is 26.0 Å². The molecule has 0 radical (unpaired) electrons. The lowest BCUT2D eigenvalue weighted by atomic mass is 10.2. The summed E-state index contributed by atoms with van der Waals surface area (Å²) in [6.07, 6.45) is 0. The molecule has 1 N–H and O–H groups in total. The van der Waals surface area contributed by atoms with Crippen LogP contribution in [-0.2, 0) is 16.6 Å². The van der Waals surface area contributed by atoms with Crippen LogP contribution in [0.1, 0.15) is 21.7 Å². The van der Waals surface area contributed by atoms with E-state index in [2.05, 4.69) is 10.4 Å². The summed E-state index contributed by atoms with van der Waals surface area (Å²) in [5.74, 6) is -3.36. The number of halogens is 2. The van der Waals surface area contributed by atoms with Gasteiger partial charge in [0.1, 0.15) is 11.6 Å². The molecule has 0 saturated carbocycles. The molecule has 1 amide bonds. The van der Waals surface area contributed by atoms with Crippen LogP contribution in [0.25, 0.3) is 0 Å². The third kappa shape index (κ3) is 3.91. The molecule has 2 aromatic rings. The van der Waals surface area contributed by atoms with Gasteiger partial charge >= 0.3 is 5.97 Å². The second-order valence-corrected chi connectivity index (χ2v) is 4.95. The highest BCUT2D eigenvalue weighted by Crippen LogP contribution is 2.18. The molecule has 1 heterocycles. The molecular formula is C15H15F2N3O3. The van der Waals surface area contributed by atoms with E-state index in [0.29, 0.717) is 17.4 Å². The lowest BCUT2D eigenvalue weighted by Gasteiger charge is -2.07. The Kier molecular flexibility index (Phi) is 4.73. The molecule has 1 aromatic heterocycles. The van der Waals surface area contributed by atoms with E-state index in [1.807, 2.05) is 0 Å². The number of carbonyl (C=O) groups is 2. The Hall–Kier alpha value is -2.77. The molecule has 0 saturated heterocycles. The number of aryl methyl sites for hydroxylation is 2. The summed E-state index contributed by atoms with van der Waals surface area (Å²) < 4.78 is 32.4. The second-order valence-electron chi connectivity index (χ2n) is 4.95. The first-order valence-corrected chi connectivity index (χ1v) is 6.71. The van der Waals surface area contributed by atoms with Gasteiger partial charge in [0, 0.05) is 13.1 Å². The normalized spacial score (nSPS) is 10.5. The minimum atomic E-state index is -0.988. The second kappa shape index (κ2) is 6.55. The van der Waals surface area contributed by atoms with Crippen LogP contribution in [0.2, 0.25) is 0 Å². The maximum atomic E-state index is 13.0. The molecule has 0 atom stereocenters. The van der Waals surface area contributed by atoms with Crippen molar-refractivity contribution in [2.75, 3.05) is 11.9 Å². The molecule has 6 nitrogen and oxygen atoms in total. The van der Waals surface area contributed by atoms with Gasteiger partial charge < -0.3 is 10.1 Å². The Morgan fingerprint density at radius 1 is 1.22 bits per heavy atom. The van der Waals surface area contributed by atoms with Gasteiger partial charge in [-0.1, -0.05) is 0 Å². The van der Waals surface area contributed by atoms with Crippen molar-refractivity contribution in [2.45, 2.75) is 13.8 Å². The van der Waals surface area contributed by atoms with Crippen molar-refractivity contribution in [3.63, 3.8) is 0 Å². The lowest BCUT2D eigenvalue weighted by Crippen LogP contribution is -2.21. The van der Waals surface area contributed by atoms with E-state index in [1.165, 1.54) is 0 Å². The SMILES string of the molecule is Cc1nn(C)c(C)c1NC(=O)COC(=O)c1cc(F)cc(F)c1. The number of anilines is 1. The summed E-state index contributed by atoms with van der Waals surface area (Å²) in [6, 6.07) is 2.30. The third-order valence-corrected chi connectivity index (χ3v) is 3.21. The van der Waals surface area contributed by atoms with Crippen LogP contribution >= 0.6 is 0 Å². The number of hydrogen-bond acceptors (Lipinski definition) is 4. The molecular weight excluding hydrogens is 308 g/mol. The average Bonchev–Trinajstić information content (AvgIpc) is 2.70. The summed E-state index contributed by atoms with van der Waals surface area (Å²) in [5, 5.41) is 6.72. The maximum Gasteiger partial charge on any atom is 0.338 e. The average molecular weight is 323 g/mol. The van der Waals surface area contributed by atoms with Crippen LogP contribution in [0, 0.1) is 25.5 Å². The highest BCUT2D eigenvalue weighted by molar-refractivity contribution is 5.96. The molecule has 0 unspecified atom stereocenters. The molecule has 8 heteroatoms. The van der Waals surface area contributed by atoms with E-state index in [0.717, 1.165) is 17.8 Å². The highest BCUT2D eigenvalue weighted by atomic mass is 19.1. The zero-order chi connectivity index (χ0) is 17.1. The van der Waals surface area contributed by atoms with Gasteiger partial charge in [-0.3, -0.25) is 9.48 Å². The van der Waals surface area contributed by atoms with Gasteiger partial charge in [0.2, 0.25) is 0 Å². The van der Waals surface area contributed by atoms with Crippen molar-refractivity contribution in [1.82, 2.24) is 9.78 Å². The molecule has 0 aliphatic carbocycles. The van der Waals surface area contributed by atoms with Crippen molar-refractivity contribution < 1.29 is 23.1 Å². The van der Waals surface area contributed by atoms with Gasteiger partial charge in [0.25, 0.3) is 5.91 Å². The number of hydrogen-bond donors (Lipinski definition) is 1. The molecule has 2 rings (SSSR count). The number of amides is 1. The fraction of sp³-hybridized carbons (Fsp3) is 0.267. The molecule has 0 bridgehead atoms. The largest absolute Gasteiger partial charge is 0.452 e. The van der Waals surface area contributed by atoms with Crippen molar-refractivity contribution in [3.05, 3.63) is 46.8 Å². The van der Waals surface area contributed by atoms with Crippen molar-refractivity contribution >= 4 is 17.6 Å². The first-order chi connectivity index (χ1) is 10.8. The molecule has 23 heavy (non-hydrogen) atoms. The number of aromatic nitrogens is 2. The molecule has 0 spiro atoms. The number of nitrogens with zero attached hydrogens (tertiary/aromatic N) is 2. The number of rotatable bonds is 4. The smallest absolute Gasteiger partial charge is 0.338 e. The first kappa shape index (κ1) is 16.6. The maximum absolute atomic E-state index is 13.0. The monoisotopic (exact) mass is 323 g/mol. The Bertz CT molecular complexity index is 751. The standard InChI is InChI=1S/C15H15F2N3O3/c1-8-14(9(2)20(3)19-8)18-13(21)7-23-15(22)10-4-11(16)6-12(17)5-10/h4-6H,7H2,1-3H3,(H,18,21). The highest BCUT2D eigenvalue weighted by Gasteiger charge is 2.15. The summed E-state index contributed by atoms with van der Waals surface area (Å²) in [6.45, 7) is 2.92. The predicted molar refractivity (Wildman–Crippen MR) is 78.0 cm³/mol. The number of nitrogens with one attached hydrogen (secondary N) is 1. The van der Waals surface area contributed by atoms with Crippen LogP contribution in [0.5, 0.6) is 0 Å². The zero-order valence-corrected chi connectivity index (χ0v) is 12.8. The van der Waals surface area contributed by atoms with Crippen LogP contribution in [0.15, 0.2) is 18.2 Å². The predicted octanol–water partition coefficient (Wildman–Crippen LogP) is 2.11. The van der Waals surface area contributed by atoms with E-state index < -0.39 is 30.1 Å². The fourth-order valence-electron chi connectivity index (χ4n) is 2.02.